The first-order chi connectivity index (χ1) is 12.5. The third kappa shape index (κ3) is 6.76. The van der Waals surface area contributed by atoms with E-state index in [-0.39, 0.29) is 17.7 Å². The average molecular weight is 407 g/mol. The number of rotatable bonds is 4. The Kier molecular flexibility index (Phi) is 6.85. The summed E-state index contributed by atoms with van der Waals surface area (Å²) in [6.07, 6.45) is -5.70. The molecule has 0 spiro atoms. The number of carbonyl (C=O) groups excluding carboxylic acids is 1. The second-order valence-electron chi connectivity index (χ2n) is 7.16. The summed E-state index contributed by atoms with van der Waals surface area (Å²) in [6, 6.07) is 4.58. The predicted octanol–water partition coefficient (Wildman–Crippen LogP) is 3.30. The van der Waals surface area contributed by atoms with E-state index in [9.17, 15) is 23.1 Å². The molecular formula is C17H24F3N3O3S. The van der Waals surface area contributed by atoms with Gasteiger partial charge in [0.1, 0.15) is 23.8 Å². The smallest absolute Gasteiger partial charge is 0.416 e. The molecule has 1 N–H and O–H groups in total. The first-order valence-corrected chi connectivity index (χ1v) is 9.55. The number of pyridine rings is 1. The lowest BCUT2D eigenvalue weighted by molar-refractivity contribution is -0.119. The van der Waals surface area contributed by atoms with E-state index in [1.807, 2.05) is 4.90 Å². The second-order valence-corrected chi connectivity index (χ2v) is 8.57. The van der Waals surface area contributed by atoms with Gasteiger partial charge in [0.2, 0.25) is 0 Å². The summed E-state index contributed by atoms with van der Waals surface area (Å²) in [5.74, 6) is 1.11. The first-order valence-electron chi connectivity index (χ1n) is 8.50. The van der Waals surface area contributed by atoms with Gasteiger partial charge in [0.25, 0.3) is 0 Å². The highest BCUT2D eigenvalue weighted by molar-refractivity contribution is 8.00. The van der Waals surface area contributed by atoms with Crippen LogP contribution in [0.3, 0.4) is 0 Å². The molecule has 1 aliphatic rings. The molecule has 0 aliphatic carbocycles. The highest BCUT2D eigenvalue weighted by Crippen LogP contribution is 2.27. The van der Waals surface area contributed by atoms with Crippen molar-refractivity contribution in [3.05, 3.63) is 18.2 Å². The van der Waals surface area contributed by atoms with Crippen LogP contribution >= 0.6 is 11.8 Å². The van der Waals surface area contributed by atoms with Crippen LogP contribution in [-0.2, 0) is 4.74 Å². The molecule has 1 aromatic rings. The molecule has 2 heterocycles. The minimum atomic E-state index is -4.60. The Hall–Kier alpha value is -1.68. The molecule has 1 atom stereocenters. The molecule has 152 valence electrons. The zero-order chi connectivity index (χ0) is 20.2. The van der Waals surface area contributed by atoms with Gasteiger partial charge in [-0.15, -0.1) is 0 Å². The summed E-state index contributed by atoms with van der Waals surface area (Å²) in [5, 5.41) is 9.36. The Morgan fingerprint density at radius 2 is 2.11 bits per heavy atom. The van der Waals surface area contributed by atoms with Crippen LogP contribution in [0.5, 0.6) is 0 Å². The van der Waals surface area contributed by atoms with Crippen LogP contribution in [0.25, 0.3) is 0 Å². The Labute approximate surface area is 160 Å². The van der Waals surface area contributed by atoms with Crippen molar-refractivity contribution in [3.8, 4) is 0 Å². The van der Waals surface area contributed by atoms with E-state index in [1.54, 1.807) is 44.7 Å². The Balaban J connectivity index is 2.28. The number of carbonyl (C=O) groups is 1. The summed E-state index contributed by atoms with van der Waals surface area (Å²) >= 11 is 1.64. The minimum absolute atomic E-state index is 0.0129. The molecule has 2 rings (SSSR count). The quantitative estimate of drug-likeness (QED) is 0.826. The third-order valence-electron chi connectivity index (χ3n) is 3.61. The maximum atomic E-state index is 13.0. The summed E-state index contributed by atoms with van der Waals surface area (Å²) in [5.41, 5.74) is -0.934. The van der Waals surface area contributed by atoms with Crippen molar-refractivity contribution in [2.24, 2.45) is 0 Å². The number of halogens is 3. The van der Waals surface area contributed by atoms with Gasteiger partial charge in [-0.1, -0.05) is 6.07 Å². The van der Waals surface area contributed by atoms with Gasteiger partial charge in [-0.3, -0.25) is 4.90 Å². The Bertz CT molecular complexity index is 652. The fraction of sp³-hybridized carbons (Fsp3) is 0.647. The lowest BCUT2D eigenvalue weighted by Crippen LogP contribution is -2.43. The molecule has 0 radical (unpaired) electrons. The van der Waals surface area contributed by atoms with E-state index in [0.717, 1.165) is 5.75 Å². The lowest BCUT2D eigenvalue weighted by atomic mass is 10.2. The van der Waals surface area contributed by atoms with Crippen molar-refractivity contribution in [2.75, 3.05) is 41.8 Å². The van der Waals surface area contributed by atoms with Crippen LogP contribution in [0.15, 0.2) is 18.2 Å². The number of aromatic nitrogens is 1. The highest BCUT2D eigenvalue weighted by atomic mass is 32.2. The van der Waals surface area contributed by atoms with E-state index in [0.29, 0.717) is 23.8 Å². The SMILES string of the molecule is CC(C)(C)OC(=O)N(CC(F)(F)F)c1cccc(N2CCSC(CO)C2)n1. The number of alkyl halides is 3. The number of hydrogen-bond donors (Lipinski definition) is 1. The predicted molar refractivity (Wildman–Crippen MR) is 99.4 cm³/mol. The van der Waals surface area contributed by atoms with Crippen molar-refractivity contribution in [3.63, 3.8) is 0 Å². The van der Waals surface area contributed by atoms with Crippen LogP contribution in [0.1, 0.15) is 20.8 Å². The summed E-state index contributed by atoms with van der Waals surface area (Å²) in [7, 11) is 0. The first kappa shape index (κ1) is 21.6. The molecule has 1 unspecified atom stereocenters. The molecule has 0 aromatic carbocycles. The monoisotopic (exact) mass is 407 g/mol. The zero-order valence-corrected chi connectivity index (χ0v) is 16.3. The number of aliphatic hydroxyl groups excluding tert-OH is 1. The summed E-state index contributed by atoms with van der Waals surface area (Å²) < 4.78 is 44.2. The summed E-state index contributed by atoms with van der Waals surface area (Å²) in [6.45, 7) is 4.46. The van der Waals surface area contributed by atoms with Crippen molar-refractivity contribution >= 4 is 29.5 Å². The minimum Gasteiger partial charge on any atom is -0.443 e. The molecule has 0 bridgehead atoms. The number of nitrogens with zero attached hydrogens (tertiary/aromatic N) is 3. The standard InChI is InChI=1S/C17H24F3N3O3S/c1-16(2,3)26-15(25)23(11-17(18,19)20)14-6-4-5-13(21-14)22-7-8-27-12(9-22)10-24/h4-6,12,24H,7-11H2,1-3H3. The molecule has 1 fully saturated rings. The second kappa shape index (κ2) is 8.55. The van der Waals surface area contributed by atoms with Crippen molar-refractivity contribution in [2.45, 2.75) is 37.8 Å². The molecule has 1 saturated heterocycles. The van der Waals surface area contributed by atoms with Gasteiger partial charge >= 0.3 is 12.3 Å². The Morgan fingerprint density at radius 3 is 2.70 bits per heavy atom. The molecule has 10 heteroatoms. The molecular weight excluding hydrogens is 383 g/mol. The van der Waals surface area contributed by atoms with E-state index >= 15 is 0 Å². The zero-order valence-electron chi connectivity index (χ0n) is 15.5. The van der Waals surface area contributed by atoms with Gasteiger partial charge in [-0.2, -0.15) is 24.9 Å². The van der Waals surface area contributed by atoms with Crippen LogP contribution in [0, 0.1) is 0 Å². The molecule has 6 nitrogen and oxygen atoms in total. The maximum absolute atomic E-state index is 13.0. The number of anilines is 2. The van der Waals surface area contributed by atoms with Gasteiger partial charge in [0.15, 0.2) is 0 Å². The van der Waals surface area contributed by atoms with Crippen molar-refractivity contribution < 1.29 is 27.8 Å². The molecule has 1 aromatic heterocycles. The Morgan fingerprint density at radius 1 is 1.41 bits per heavy atom. The van der Waals surface area contributed by atoms with E-state index in [1.165, 1.54) is 6.07 Å². The summed E-state index contributed by atoms with van der Waals surface area (Å²) in [4.78, 5) is 19.0. The number of hydrogen-bond acceptors (Lipinski definition) is 6. The van der Waals surface area contributed by atoms with Crippen LogP contribution < -0.4 is 9.80 Å². The van der Waals surface area contributed by atoms with E-state index in [4.69, 9.17) is 4.74 Å². The molecule has 1 aliphatic heterocycles. The van der Waals surface area contributed by atoms with Gasteiger partial charge in [0.05, 0.1) is 6.61 Å². The normalized spacial score (nSPS) is 18.3. The molecule has 1 amide bonds. The number of amides is 1. The topological polar surface area (TPSA) is 65.9 Å². The molecule has 27 heavy (non-hydrogen) atoms. The van der Waals surface area contributed by atoms with Crippen LogP contribution in [0.4, 0.5) is 29.6 Å². The fourth-order valence-corrected chi connectivity index (χ4v) is 3.56. The highest BCUT2D eigenvalue weighted by Gasteiger charge is 2.36. The van der Waals surface area contributed by atoms with Crippen LogP contribution in [0.2, 0.25) is 0 Å². The van der Waals surface area contributed by atoms with Crippen LogP contribution in [-0.4, -0.2) is 65.2 Å². The van der Waals surface area contributed by atoms with Crippen molar-refractivity contribution in [1.29, 1.82) is 0 Å². The number of aliphatic hydroxyl groups is 1. The maximum Gasteiger partial charge on any atom is 0.416 e. The fourth-order valence-electron chi connectivity index (χ4n) is 2.51. The van der Waals surface area contributed by atoms with Gasteiger partial charge in [0, 0.05) is 24.1 Å². The number of ether oxygens (including phenoxy) is 1. The van der Waals surface area contributed by atoms with Gasteiger partial charge in [-0.25, -0.2) is 9.78 Å². The third-order valence-corrected chi connectivity index (χ3v) is 4.80. The van der Waals surface area contributed by atoms with E-state index in [2.05, 4.69) is 4.98 Å². The lowest BCUT2D eigenvalue weighted by Gasteiger charge is -2.33. The van der Waals surface area contributed by atoms with Gasteiger partial charge < -0.3 is 14.7 Å². The average Bonchev–Trinajstić information content (AvgIpc) is 2.57. The molecule has 0 saturated carbocycles. The number of thioether (sulfide) groups is 1. The van der Waals surface area contributed by atoms with Gasteiger partial charge in [-0.05, 0) is 32.9 Å². The van der Waals surface area contributed by atoms with Crippen molar-refractivity contribution in [1.82, 2.24) is 4.98 Å². The largest absolute Gasteiger partial charge is 0.443 e. The van der Waals surface area contributed by atoms with E-state index < -0.39 is 24.4 Å².